The van der Waals surface area contributed by atoms with Crippen LogP contribution in [0.1, 0.15) is 55.1 Å². The number of hydrogen-bond acceptors (Lipinski definition) is 12. The molecule has 0 bridgehead atoms. The molecule has 1 aromatic carbocycles. The summed E-state index contributed by atoms with van der Waals surface area (Å²) in [5.41, 5.74) is 3.56. The predicted molar refractivity (Wildman–Crippen MR) is 168 cm³/mol. The van der Waals surface area contributed by atoms with Crippen molar-refractivity contribution in [2.45, 2.75) is 69.7 Å². The maximum Gasteiger partial charge on any atom is 0.573 e. The molecule has 6 rings (SSSR count). The molecule has 2 saturated carbocycles. The molecule has 3 aromatic heterocycles. The number of ether oxygens (including phenoxy) is 1. The van der Waals surface area contributed by atoms with E-state index in [1.165, 1.54) is 35.6 Å². The number of nitrogens with zero attached hydrogens (tertiary/aromatic N) is 4. The fourth-order valence-electron chi connectivity index (χ4n) is 5.87. The number of rotatable bonds is 10. The Hall–Kier alpha value is -3.60. The van der Waals surface area contributed by atoms with Gasteiger partial charge in [0.15, 0.2) is 0 Å². The lowest BCUT2D eigenvalue weighted by atomic mass is 10.1. The number of nitrogens with one attached hydrogen (secondary N) is 2. The largest absolute Gasteiger partial charge is 0.573 e. The SMILES string of the molecule is Cc1nc(N[C@H](C)c2ccc(OC(F)(F)F)cc2)nc(NC2C[C@H](CS(C)(=O)=O)[C@@H](O)[C@H]2O)c1-c1nc2c(C3CC3)nccc2s1. The molecule has 0 saturated heterocycles. The number of hydrogen-bond donors (Lipinski definition) is 4. The lowest BCUT2D eigenvalue weighted by Crippen LogP contribution is -2.36. The van der Waals surface area contributed by atoms with Gasteiger partial charge >= 0.3 is 6.36 Å². The first-order chi connectivity index (χ1) is 21.6. The van der Waals surface area contributed by atoms with E-state index in [1.54, 1.807) is 20.0 Å². The molecule has 46 heavy (non-hydrogen) atoms. The van der Waals surface area contributed by atoms with Gasteiger partial charge in [0, 0.05) is 24.3 Å². The molecular weight excluding hydrogens is 645 g/mol. The van der Waals surface area contributed by atoms with Gasteiger partial charge in [-0.3, -0.25) is 4.98 Å². The summed E-state index contributed by atoms with van der Waals surface area (Å²) in [4.78, 5) is 18.9. The molecule has 11 nitrogen and oxygen atoms in total. The number of thiazole rings is 1. The minimum Gasteiger partial charge on any atom is -0.406 e. The Morgan fingerprint density at radius 2 is 1.80 bits per heavy atom. The number of anilines is 2. The quantitative estimate of drug-likeness (QED) is 0.179. The van der Waals surface area contributed by atoms with Crippen LogP contribution in [0.4, 0.5) is 24.9 Å². The molecular formula is C30H33F3N6O5S2. The summed E-state index contributed by atoms with van der Waals surface area (Å²) in [5.74, 6) is -0.386. The second kappa shape index (κ2) is 12.2. The van der Waals surface area contributed by atoms with Crippen LogP contribution in [0.15, 0.2) is 36.5 Å². The average Bonchev–Trinajstić information content (AvgIpc) is 3.66. The van der Waals surface area contributed by atoms with Crippen molar-refractivity contribution in [3.05, 3.63) is 53.5 Å². The molecule has 1 unspecified atom stereocenters. The lowest BCUT2D eigenvalue weighted by Gasteiger charge is -2.22. The zero-order chi connectivity index (χ0) is 33.0. The zero-order valence-electron chi connectivity index (χ0n) is 25.1. The van der Waals surface area contributed by atoms with E-state index in [4.69, 9.17) is 9.97 Å². The molecule has 4 aromatic rings. The van der Waals surface area contributed by atoms with Crippen molar-refractivity contribution in [1.29, 1.82) is 0 Å². The maximum absolute atomic E-state index is 12.6. The summed E-state index contributed by atoms with van der Waals surface area (Å²) >= 11 is 1.45. The van der Waals surface area contributed by atoms with Crippen molar-refractivity contribution in [2.24, 2.45) is 5.92 Å². The summed E-state index contributed by atoms with van der Waals surface area (Å²) < 4.78 is 66.7. The predicted octanol–water partition coefficient (Wildman–Crippen LogP) is 4.97. The first kappa shape index (κ1) is 32.3. The van der Waals surface area contributed by atoms with Gasteiger partial charge in [0.2, 0.25) is 5.95 Å². The number of aliphatic hydroxyl groups is 2. The normalized spacial score (nSPS) is 22.6. The molecule has 2 aliphatic carbocycles. The van der Waals surface area contributed by atoms with Crippen molar-refractivity contribution in [3.8, 4) is 16.3 Å². The third-order valence-electron chi connectivity index (χ3n) is 8.20. The Kier molecular flexibility index (Phi) is 8.58. The highest BCUT2D eigenvalue weighted by atomic mass is 32.2. The van der Waals surface area contributed by atoms with Crippen molar-refractivity contribution in [1.82, 2.24) is 19.9 Å². The molecule has 2 aliphatic rings. The highest BCUT2D eigenvalue weighted by Crippen LogP contribution is 2.45. The highest BCUT2D eigenvalue weighted by Gasteiger charge is 2.43. The van der Waals surface area contributed by atoms with E-state index in [-0.39, 0.29) is 23.9 Å². The number of aliphatic hydroxyl groups excluding tert-OH is 2. The van der Waals surface area contributed by atoms with Crippen molar-refractivity contribution < 1.29 is 36.5 Å². The van der Waals surface area contributed by atoms with Gasteiger partial charge in [0.05, 0.1) is 45.6 Å². The van der Waals surface area contributed by atoms with Crippen LogP contribution in [0, 0.1) is 12.8 Å². The van der Waals surface area contributed by atoms with Gasteiger partial charge < -0.3 is 25.6 Å². The van der Waals surface area contributed by atoms with Crippen LogP contribution in [0.5, 0.6) is 5.75 Å². The second-order valence-electron chi connectivity index (χ2n) is 12.0. The van der Waals surface area contributed by atoms with Crippen LogP contribution in [-0.4, -0.2) is 75.2 Å². The maximum atomic E-state index is 12.6. The molecule has 246 valence electrons. The summed E-state index contributed by atoms with van der Waals surface area (Å²) in [5, 5.41) is 28.7. The standard InChI is InChI=1S/C30H33F3N6O5S2/c1-14(16-6-8-19(9-7-16)44-30(31,32)33)35-29-36-15(2)22(28-38-24-21(45-28)10-11-34-23(24)17-4-5-17)27(39-29)37-20-12-18(13-46(3,42)43)25(40)26(20)41/h6-11,14,17-18,20,25-26,40-41H,4-5,12-13H2,1-3H3,(H2,35,36,37,39)/t14-,18-,20?,25-,26+/m1/s1. The molecule has 0 radical (unpaired) electrons. The van der Waals surface area contributed by atoms with Gasteiger partial charge in [0.1, 0.15) is 38.0 Å². The summed E-state index contributed by atoms with van der Waals surface area (Å²) in [7, 11) is -3.41. The van der Waals surface area contributed by atoms with Crippen molar-refractivity contribution in [2.75, 3.05) is 22.6 Å². The number of aryl methyl sites for hydroxylation is 1. The summed E-state index contributed by atoms with van der Waals surface area (Å²) in [6.07, 6.45) is -2.16. The fourth-order valence-corrected chi connectivity index (χ4v) is 8.05. The van der Waals surface area contributed by atoms with E-state index in [1.807, 2.05) is 6.07 Å². The third kappa shape index (κ3) is 7.19. The third-order valence-corrected chi connectivity index (χ3v) is 10.3. The lowest BCUT2D eigenvalue weighted by molar-refractivity contribution is -0.274. The highest BCUT2D eigenvalue weighted by molar-refractivity contribution is 7.90. The topological polar surface area (TPSA) is 159 Å². The van der Waals surface area contributed by atoms with Crippen LogP contribution >= 0.6 is 11.3 Å². The van der Waals surface area contributed by atoms with Crippen LogP contribution in [0.2, 0.25) is 0 Å². The minimum absolute atomic E-state index is 0.180. The van der Waals surface area contributed by atoms with Crippen LogP contribution < -0.4 is 15.4 Å². The fraction of sp³-hybridized carbons (Fsp3) is 0.467. The van der Waals surface area contributed by atoms with Crippen molar-refractivity contribution in [3.63, 3.8) is 0 Å². The van der Waals surface area contributed by atoms with Gasteiger partial charge in [-0.05, 0) is 56.9 Å². The Balaban J connectivity index is 1.34. The van der Waals surface area contributed by atoms with Crippen LogP contribution in [-0.2, 0) is 9.84 Å². The van der Waals surface area contributed by atoms with Gasteiger partial charge in [-0.25, -0.2) is 18.4 Å². The molecule has 16 heteroatoms. The second-order valence-corrected chi connectivity index (χ2v) is 15.2. The van der Waals surface area contributed by atoms with Crippen LogP contribution in [0.3, 0.4) is 0 Å². The van der Waals surface area contributed by atoms with E-state index in [0.29, 0.717) is 33.6 Å². The van der Waals surface area contributed by atoms with Gasteiger partial charge in [-0.1, -0.05) is 12.1 Å². The van der Waals surface area contributed by atoms with E-state index in [2.05, 4.69) is 25.3 Å². The molecule has 5 atom stereocenters. The molecule has 0 spiro atoms. The Morgan fingerprint density at radius 3 is 2.46 bits per heavy atom. The number of pyridine rings is 1. The molecule has 0 aliphatic heterocycles. The number of alkyl halides is 3. The van der Waals surface area contributed by atoms with E-state index < -0.39 is 46.4 Å². The number of sulfone groups is 1. The monoisotopic (exact) mass is 678 g/mol. The Labute approximate surface area is 267 Å². The zero-order valence-corrected chi connectivity index (χ0v) is 26.7. The Bertz CT molecular complexity index is 1850. The van der Waals surface area contributed by atoms with Crippen molar-refractivity contribution >= 4 is 43.2 Å². The minimum atomic E-state index is -4.80. The van der Waals surface area contributed by atoms with Gasteiger partial charge in [-0.2, -0.15) is 4.98 Å². The molecule has 0 amide bonds. The molecule has 2 fully saturated rings. The summed E-state index contributed by atoms with van der Waals surface area (Å²) in [6.45, 7) is 3.59. The molecule has 4 N–H and O–H groups in total. The first-order valence-corrected chi connectivity index (χ1v) is 17.6. The first-order valence-electron chi connectivity index (χ1n) is 14.7. The smallest absolute Gasteiger partial charge is 0.406 e. The van der Waals surface area contributed by atoms with E-state index in [9.17, 15) is 31.8 Å². The number of benzene rings is 1. The number of halogens is 3. The van der Waals surface area contributed by atoms with Gasteiger partial charge in [0.25, 0.3) is 0 Å². The number of aromatic nitrogens is 4. The average molecular weight is 679 g/mol. The van der Waals surface area contributed by atoms with Crippen LogP contribution in [0.25, 0.3) is 20.8 Å². The van der Waals surface area contributed by atoms with Gasteiger partial charge in [-0.15, -0.1) is 24.5 Å². The number of fused-ring (bicyclic) bond motifs is 1. The Morgan fingerprint density at radius 1 is 1.09 bits per heavy atom. The molecule has 3 heterocycles. The summed E-state index contributed by atoms with van der Waals surface area (Å²) in [6, 6.07) is 6.21. The van der Waals surface area contributed by atoms with E-state index >= 15 is 0 Å². The van der Waals surface area contributed by atoms with E-state index in [0.717, 1.165) is 35.0 Å².